The van der Waals surface area contributed by atoms with E-state index >= 15 is 0 Å². The highest BCUT2D eigenvalue weighted by atomic mass is 16.2. The molecule has 0 spiro atoms. The monoisotopic (exact) mass is 344 g/mol. The van der Waals surface area contributed by atoms with Gasteiger partial charge in [0.1, 0.15) is 5.82 Å². The summed E-state index contributed by atoms with van der Waals surface area (Å²) in [4.78, 5) is 33.7. The lowest BCUT2D eigenvalue weighted by Gasteiger charge is -2.21. The molecule has 1 saturated heterocycles. The summed E-state index contributed by atoms with van der Waals surface area (Å²) in [6.45, 7) is 4.36. The minimum atomic E-state index is -0.0912. The Bertz CT molecular complexity index is 691. The van der Waals surface area contributed by atoms with Crippen molar-refractivity contribution >= 4 is 5.91 Å². The maximum Gasteiger partial charge on any atom is 0.251 e. The number of amides is 1. The Hall–Kier alpha value is -1.69. The van der Waals surface area contributed by atoms with E-state index in [-0.39, 0.29) is 23.4 Å². The standard InChI is InChI=1S/C19H28N4O2/c1-12-20-15(8-18(24)21-12)9-23-10-16(13-6-7-13)17(11-23)22-19(25)14-4-2-3-5-14/h8,13-14,16-17H,2-7,9-11H2,1H3,(H,22,25)(H,20,21,24)/t16-,17+/m1/s1. The van der Waals surface area contributed by atoms with Crippen molar-refractivity contribution in [3.63, 3.8) is 0 Å². The van der Waals surface area contributed by atoms with Crippen LogP contribution in [0.2, 0.25) is 0 Å². The second-order valence-electron chi connectivity index (χ2n) is 8.11. The Kier molecular flexibility index (Phi) is 4.63. The van der Waals surface area contributed by atoms with Gasteiger partial charge in [-0.15, -0.1) is 0 Å². The number of hydrogen-bond acceptors (Lipinski definition) is 4. The van der Waals surface area contributed by atoms with Crippen LogP contribution in [0, 0.1) is 24.7 Å². The van der Waals surface area contributed by atoms with Gasteiger partial charge in [-0.2, -0.15) is 0 Å². The number of aromatic nitrogens is 2. The molecular weight excluding hydrogens is 316 g/mol. The molecule has 3 fully saturated rings. The lowest BCUT2D eigenvalue weighted by Crippen LogP contribution is -2.43. The van der Waals surface area contributed by atoms with Gasteiger partial charge in [-0.1, -0.05) is 12.8 Å². The first-order valence-corrected chi connectivity index (χ1v) is 9.68. The predicted octanol–water partition coefficient (Wildman–Crippen LogP) is 1.60. The van der Waals surface area contributed by atoms with Crippen LogP contribution in [-0.4, -0.2) is 39.9 Å². The highest BCUT2D eigenvalue weighted by Crippen LogP contribution is 2.42. The minimum absolute atomic E-state index is 0.0912. The maximum absolute atomic E-state index is 12.6. The van der Waals surface area contributed by atoms with Crippen molar-refractivity contribution in [3.8, 4) is 0 Å². The highest BCUT2D eigenvalue weighted by Gasteiger charge is 2.43. The Morgan fingerprint density at radius 3 is 2.72 bits per heavy atom. The van der Waals surface area contributed by atoms with E-state index in [0.29, 0.717) is 18.3 Å². The molecule has 2 saturated carbocycles. The molecule has 4 rings (SSSR count). The molecule has 2 N–H and O–H groups in total. The lowest BCUT2D eigenvalue weighted by atomic mass is 9.97. The van der Waals surface area contributed by atoms with Crippen LogP contribution >= 0.6 is 0 Å². The molecule has 0 bridgehead atoms. The summed E-state index contributed by atoms with van der Waals surface area (Å²) in [5, 5.41) is 3.36. The summed E-state index contributed by atoms with van der Waals surface area (Å²) >= 11 is 0. The van der Waals surface area contributed by atoms with E-state index in [1.165, 1.54) is 25.7 Å². The third-order valence-corrected chi connectivity index (χ3v) is 6.02. The normalized spacial score (nSPS) is 27.7. The zero-order valence-electron chi connectivity index (χ0n) is 15.0. The SMILES string of the molecule is Cc1nc(CN2C[C@H](NC(=O)C3CCCC3)[C@@H](C3CC3)C2)cc(=O)[nH]1. The smallest absolute Gasteiger partial charge is 0.251 e. The zero-order chi connectivity index (χ0) is 17.4. The van der Waals surface area contributed by atoms with E-state index in [4.69, 9.17) is 0 Å². The fraction of sp³-hybridized carbons (Fsp3) is 0.737. The molecule has 25 heavy (non-hydrogen) atoms. The summed E-state index contributed by atoms with van der Waals surface area (Å²) in [7, 11) is 0. The highest BCUT2D eigenvalue weighted by molar-refractivity contribution is 5.79. The van der Waals surface area contributed by atoms with Gasteiger partial charge in [0.05, 0.1) is 5.69 Å². The fourth-order valence-corrected chi connectivity index (χ4v) is 4.64. The van der Waals surface area contributed by atoms with Gasteiger partial charge >= 0.3 is 0 Å². The van der Waals surface area contributed by atoms with Gasteiger partial charge in [-0.3, -0.25) is 14.5 Å². The van der Waals surface area contributed by atoms with Crippen molar-refractivity contribution in [2.45, 2.75) is 58.0 Å². The zero-order valence-corrected chi connectivity index (χ0v) is 15.0. The first-order chi connectivity index (χ1) is 12.1. The van der Waals surface area contributed by atoms with Crippen LogP contribution in [0.3, 0.4) is 0 Å². The van der Waals surface area contributed by atoms with Crippen molar-refractivity contribution in [1.82, 2.24) is 20.2 Å². The number of H-pyrrole nitrogens is 1. The average Bonchev–Trinajstić information content (AvgIpc) is 3.08. The molecule has 0 unspecified atom stereocenters. The van der Waals surface area contributed by atoms with Gasteiger partial charge in [0.25, 0.3) is 5.56 Å². The van der Waals surface area contributed by atoms with E-state index in [2.05, 4.69) is 20.2 Å². The Labute approximate surface area is 148 Å². The number of nitrogens with zero attached hydrogens (tertiary/aromatic N) is 2. The molecule has 1 amide bonds. The van der Waals surface area contributed by atoms with Gasteiger partial charge in [-0.05, 0) is 44.4 Å². The summed E-state index contributed by atoms with van der Waals surface area (Å²) in [6.07, 6.45) is 7.05. The van der Waals surface area contributed by atoms with Crippen molar-refractivity contribution in [2.24, 2.45) is 17.8 Å². The fourth-order valence-electron chi connectivity index (χ4n) is 4.64. The first kappa shape index (κ1) is 16.8. The van der Waals surface area contributed by atoms with Crippen LogP contribution in [0.1, 0.15) is 50.0 Å². The molecule has 1 aromatic rings. The molecule has 1 aromatic heterocycles. The summed E-state index contributed by atoms with van der Waals surface area (Å²) in [6, 6.07) is 1.84. The molecular formula is C19H28N4O2. The second kappa shape index (κ2) is 6.90. The van der Waals surface area contributed by atoms with Crippen molar-refractivity contribution in [3.05, 3.63) is 27.9 Å². The number of nitrogens with one attached hydrogen (secondary N) is 2. The van der Waals surface area contributed by atoms with Gasteiger partial charge in [0, 0.05) is 37.7 Å². The predicted molar refractivity (Wildman–Crippen MR) is 95.0 cm³/mol. The molecule has 2 heterocycles. The molecule has 6 heteroatoms. The van der Waals surface area contributed by atoms with Crippen molar-refractivity contribution in [2.75, 3.05) is 13.1 Å². The maximum atomic E-state index is 12.6. The molecule has 0 aromatic carbocycles. The number of carbonyl (C=O) groups excluding carboxylic acids is 1. The van der Waals surface area contributed by atoms with Gasteiger partial charge in [-0.25, -0.2) is 4.98 Å². The Morgan fingerprint density at radius 2 is 2.04 bits per heavy atom. The molecule has 3 aliphatic rings. The second-order valence-corrected chi connectivity index (χ2v) is 8.11. The average molecular weight is 344 g/mol. The van der Waals surface area contributed by atoms with E-state index in [1.54, 1.807) is 6.07 Å². The molecule has 136 valence electrons. The third kappa shape index (κ3) is 3.94. The van der Waals surface area contributed by atoms with Crippen LogP contribution < -0.4 is 10.9 Å². The van der Waals surface area contributed by atoms with Crippen LogP contribution in [-0.2, 0) is 11.3 Å². The van der Waals surface area contributed by atoms with E-state index in [9.17, 15) is 9.59 Å². The number of carbonyl (C=O) groups is 1. The molecule has 1 aliphatic heterocycles. The lowest BCUT2D eigenvalue weighted by molar-refractivity contribution is -0.125. The van der Waals surface area contributed by atoms with Crippen molar-refractivity contribution < 1.29 is 4.79 Å². The molecule has 2 aliphatic carbocycles. The van der Waals surface area contributed by atoms with Gasteiger partial charge < -0.3 is 10.3 Å². The van der Waals surface area contributed by atoms with Crippen LogP contribution in [0.25, 0.3) is 0 Å². The number of aryl methyl sites for hydroxylation is 1. The van der Waals surface area contributed by atoms with Crippen molar-refractivity contribution in [1.29, 1.82) is 0 Å². The minimum Gasteiger partial charge on any atom is -0.352 e. The third-order valence-electron chi connectivity index (χ3n) is 6.02. The van der Waals surface area contributed by atoms with E-state index in [1.807, 2.05) is 6.92 Å². The topological polar surface area (TPSA) is 78.1 Å². The van der Waals surface area contributed by atoms with Crippen LogP contribution in [0.15, 0.2) is 10.9 Å². The van der Waals surface area contributed by atoms with Gasteiger partial charge in [0.15, 0.2) is 0 Å². The van der Waals surface area contributed by atoms with Gasteiger partial charge in [0.2, 0.25) is 5.91 Å². The summed E-state index contributed by atoms with van der Waals surface area (Å²) in [5.41, 5.74) is 0.727. The largest absolute Gasteiger partial charge is 0.352 e. The van der Waals surface area contributed by atoms with E-state index in [0.717, 1.165) is 37.5 Å². The molecule has 2 atom stereocenters. The van der Waals surface area contributed by atoms with E-state index < -0.39 is 0 Å². The number of likely N-dealkylation sites (tertiary alicyclic amines) is 1. The number of aromatic amines is 1. The Morgan fingerprint density at radius 1 is 1.28 bits per heavy atom. The quantitative estimate of drug-likeness (QED) is 0.850. The van der Waals surface area contributed by atoms with Crippen LogP contribution in [0.4, 0.5) is 0 Å². The molecule has 6 nitrogen and oxygen atoms in total. The first-order valence-electron chi connectivity index (χ1n) is 9.68. The summed E-state index contributed by atoms with van der Waals surface area (Å²) in [5.74, 6) is 2.46. The Balaban J connectivity index is 1.41. The number of hydrogen-bond donors (Lipinski definition) is 2. The number of rotatable bonds is 5. The van der Waals surface area contributed by atoms with Crippen LogP contribution in [0.5, 0.6) is 0 Å². The summed E-state index contributed by atoms with van der Waals surface area (Å²) < 4.78 is 0. The molecule has 0 radical (unpaired) electrons.